The Morgan fingerprint density at radius 3 is 2.66 bits per heavy atom. The summed E-state index contributed by atoms with van der Waals surface area (Å²) in [5, 5.41) is 3.13. The van der Waals surface area contributed by atoms with Crippen LogP contribution in [0.15, 0.2) is 54.6 Å². The molecule has 1 heterocycles. The molecule has 1 N–H and O–H groups in total. The van der Waals surface area contributed by atoms with E-state index in [1.165, 1.54) is 11.1 Å². The van der Waals surface area contributed by atoms with Gasteiger partial charge in [0.2, 0.25) is 5.91 Å². The molecule has 29 heavy (non-hydrogen) atoms. The number of benzene rings is 2. The first-order valence-corrected chi connectivity index (χ1v) is 10.4. The fraction of sp³-hybridized carbons (Fsp3) is 0.458. The Hall–Kier alpha value is -2.37. The molecule has 156 valence electrons. The highest BCUT2D eigenvalue weighted by atomic mass is 16.5. The Labute approximate surface area is 174 Å². The van der Waals surface area contributed by atoms with Crippen molar-refractivity contribution in [1.82, 2.24) is 15.1 Å². The summed E-state index contributed by atoms with van der Waals surface area (Å²) in [5.74, 6) is 1.40. The normalized spacial score (nSPS) is 19.9. The fourth-order valence-corrected chi connectivity index (χ4v) is 4.05. The number of ether oxygens (including phenoxy) is 1. The third kappa shape index (κ3) is 6.31. The maximum Gasteiger partial charge on any atom is 0.224 e. The zero-order chi connectivity index (χ0) is 20.6. The van der Waals surface area contributed by atoms with E-state index in [9.17, 15) is 4.79 Å². The first-order valence-electron chi connectivity index (χ1n) is 10.4. The van der Waals surface area contributed by atoms with Crippen LogP contribution in [0.5, 0.6) is 5.75 Å². The number of hydrogen-bond acceptors (Lipinski definition) is 4. The third-order valence-electron chi connectivity index (χ3n) is 5.57. The van der Waals surface area contributed by atoms with Crippen molar-refractivity contribution in [3.8, 4) is 5.75 Å². The van der Waals surface area contributed by atoms with Gasteiger partial charge in [0.25, 0.3) is 0 Å². The van der Waals surface area contributed by atoms with Crippen LogP contribution in [0.2, 0.25) is 0 Å². The van der Waals surface area contributed by atoms with Crippen molar-refractivity contribution < 1.29 is 9.53 Å². The van der Waals surface area contributed by atoms with E-state index in [4.69, 9.17) is 4.74 Å². The molecule has 1 aliphatic heterocycles. The lowest BCUT2D eigenvalue weighted by molar-refractivity contribution is -0.127. The van der Waals surface area contributed by atoms with Crippen molar-refractivity contribution in [3.63, 3.8) is 0 Å². The molecule has 1 aliphatic rings. The van der Waals surface area contributed by atoms with Gasteiger partial charge < -0.3 is 15.0 Å². The highest BCUT2D eigenvalue weighted by Gasteiger charge is 2.32. The van der Waals surface area contributed by atoms with E-state index >= 15 is 0 Å². The Morgan fingerprint density at radius 2 is 1.93 bits per heavy atom. The van der Waals surface area contributed by atoms with Crippen LogP contribution in [0.4, 0.5) is 0 Å². The van der Waals surface area contributed by atoms with Crippen LogP contribution in [-0.2, 0) is 11.3 Å². The van der Waals surface area contributed by atoms with E-state index in [0.29, 0.717) is 12.5 Å². The summed E-state index contributed by atoms with van der Waals surface area (Å²) in [7, 11) is 5.74. The summed E-state index contributed by atoms with van der Waals surface area (Å²) in [6.45, 7) is 4.11. The molecule has 1 saturated heterocycles. The molecule has 0 aliphatic carbocycles. The fourth-order valence-electron chi connectivity index (χ4n) is 4.05. The van der Waals surface area contributed by atoms with E-state index in [1.807, 2.05) is 32.3 Å². The topological polar surface area (TPSA) is 44.8 Å². The number of likely N-dealkylation sites (tertiary alicyclic amines) is 1. The molecule has 0 bridgehead atoms. The highest BCUT2D eigenvalue weighted by molar-refractivity contribution is 5.79. The second-order valence-electron chi connectivity index (χ2n) is 8.18. The van der Waals surface area contributed by atoms with Crippen molar-refractivity contribution in [3.05, 3.63) is 65.7 Å². The number of methoxy groups -OCH3 is 1. The van der Waals surface area contributed by atoms with Gasteiger partial charge in [-0.3, -0.25) is 9.69 Å². The second kappa shape index (κ2) is 10.4. The number of nitrogens with one attached hydrogen (secondary N) is 1. The smallest absolute Gasteiger partial charge is 0.224 e. The van der Waals surface area contributed by atoms with Crippen LogP contribution < -0.4 is 10.1 Å². The molecule has 2 atom stereocenters. The van der Waals surface area contributed by atoms with Gasteiger partial charge in [0.15, 0.2) is 0 Å². The van der Waals surface area contributed by atoms with Crippen LogP contribution in [0, 0.1) is 5.92 Å². The first kappa shape index (κ1) is 21.3. The molecule has 1 fully saturated rings. The number of likely N-dealkylation sites (N-methyl/N-ethyl adjacent to an activating group) is 1. The Balaban J connectivity index is 1.72. The lowest BCUT2D eigenvalue weighted by Gasteiger charge is -2.37. The molecular weight excluding hydrogens is 362 g/mol. The molecule has 2 unspecified atom stereocenters. The van der Waals surface area contributed by atoms with Crippen molar-refractivity contribution in [2.45, 2.75) is 18.9 Å². The van der Waals surface area contributed by atoms with Crippen LogP contribution in [0.25, 0.3) is 0 Å². The lowest BCUT2D eigenvalue weighted by Crippen LogP contribution is -2.46. The summed E-state index contributed by atoms with van der Waals surface area (Å²) in [5.41, 5.74) is 2.53. The summed E-state index contributed by atoms with van der Waals surface area (Å²) in [6, 6.07) is 18.8. The largest absolute Gasteiger partial charge is 0.497 e. The molecule has 2 aromatic carbocycles. The van der Waals surface area contributed by atoms with E-state index in [0.717, 1.165) is 38.3 Å². The highest BCUT2D eigenvalue weighted by Crippen LogP contribution is 2.31. The summed E-state index contributed by atoms with van der Waals surface area (Å²) < 4.78 is 5.37. The molecule has 0 radical (unpaired) electrons. The van der Waals surface area contributed by atoms with Gasteiger partial charge in [-0.15, -0.1) is 0 Å². The number of carbonyl (C=O) groups excluding carboxylic acids is 1. The van der Waals surface area contributed by atoms with Gasteiger partial charge in [-0.05, 0) is 49.7 Å². The zero-order valence-electron chi connectivity index (χ0n) is 17.8. The van der Waals surface area contributed by atoms with Gasteiger partial charge in [-0.2, -0.15) is 0 Å². The quantitative estimate of drug-likeness (QED) is 0.746. The molecule has 0 spiro atoms. The van der Waals surface area contributed by atoms with Crippen LogP contribution in [0.3, 0.4) is 0 Å². The number of amides is 1. The Morgan fingerprint density at radius 1 is 1.14 bits per heavy atom. The first-order chi connectivity index (χ1) is 14.0. The maximum atomic E-state index is 12.9. The van der Waals surface area contributed by atoms with Crippen molar-refractivity contribution in [2.24, 2.45) is 5.92 Å². The van der Waals surface area contributed by atoms with Gasteiger partial charge in [-0.25, -0.2) is 0 Å². The second-order valence-corrected chi connectivity index (χ2v) is 8.18. The SMILES string of the molecule is COc1cccc(CN2CC(C(=O)NCCN(C)C)CC(c3ccccc3)C2)c1. The van der Waals surface area contributed by atoms with Gasteiger partial charge in [0.1, 0.15) is 5.75 Å². The lowest BCUT2D eigenvalue weighted by atomic mass is 9.84. The van der Waals surface area contributed by atoms with Gasteiger partial charge in [0, 0.05) is 32.7 Å². The van der Waals surface area contributed by atoms with Crippen molar-refractivity contribution >= 4 is 5.91 Å². The number of carbonyl (C=O) groups is 1. The molecule has 3 rings (SSSR count). The van der Waals surface area contributed by atoms with Crippen LogP contribution >= 0.6 is 0 Å². The molecule has 5 heteroatoms. The molecule has 0 saturated carbocycles. The number of nitrogens with zero attached hydrogens (tertiary/aromatic N) is 2. The van der Waals surface area contributed by atoms with Crippen molar-refractivity contribution in [1.29, 1.82) is 0 Å². The summed E-state index contributed by atoms with van der Waals surface area (Å²) >= 11 is 0. The molecule has 1 amide bonds. The van der Waals surface area contributed by atoms with Crippen LogP contribution in [-0.4, -0.2) is 63.1 Å². The van der Waals surface area contributed by atoms with Gasteiger partial charge >= 0.3 is 0 Å². The molecule has 2 aromatic rings. The maximum absolute atomic E-state index is 12.9. The molecule has 0 aromatic heterocycles. The van der Waals surface area contributed by atoms with E-state index in [1.54, 1.807) is 7.11 Å². The molecular formula is C24H33N3O2. The number of rotatable bonds is 8. The monoisotopic (exact) mass is 395 g/mol. The minimum atomic E-state index is 0.00160. The van der Waals surface area contributed by atoms with Gasteiger partial charge in [0.05, 0.1) is 13.0 Å². The third-order valence-corrected chi connectivity index (χ3v) is 5.57. The Kier molecular flexibility index (Phi) is 7.67. The minimum absolute atomic E-state index is 0.00160. The predicted octanol–water partition coefficient (Wildman–Crippen LogP) is 2.98. The summed E-state index contributed by atoms with van der Waals surface area (Å²) in [4.78, 5) is 17.4. The summed E-state index contributed by atoms with van der Waals surface area (Å²) in [6.07, 6.45) is 0.895. The standard InChI is InChI=1S/C24H33N3O2/c1-26(2)13-12-25-24(28)22-15-21(20-9-5-4-6-10-20)17-27(18-22)16-19-8-7-11-23(14-19)29-3/h4-11,14,21-22H,12-13,15-18H2,1-3H3,(H,25,28). The predicted molar refractivity (Wildman–Crippen MR) is 117 cm³/mol. The average molecular weight is 396 g/mol. The van der Waals surface area contributed by atoms with E-state index < -0.39 is 0 Å². The van der Waals surface area contributed by atoms with Gasteiger partial charge in [-0.1, -0.05) is 42.5 Å². The van der Waals surface area contributed by atoms with Crippen molar-refractivity contribution in [2.75, 3.05) is 47.4 Å². The van der Waals surface area contributed by atoms with Crippen LogP contribution in [0.1, 0.15) is 23.5 Å². The zero-order valence-corrected chi connectivity index (χ0v) is 17.8. The van der Waals surface area contributed by atoms with E-state index in [-0.39, 0.29) is 11.8 Å². The van der Waals surface area contributed by atoms with E-state index in [2.05, 4.69) is 51.5 Å². The number of hydrogen-bond donors (Lipinski definition) is 1. The Bertz CT molecular complexity index is 779. The average Bonchev–Trinajstić information content (AvgIpc) is 2.74. The number of piperidine rings is 1. The molecule has 5 nitrogen and oxygen atoms in total. The minimum Gasteiger partial charge on any atom is -0.497 e.